The predicted molar refractivity (Wildman–Crippen MR) is 95.3 cm³/mol. The largest absolute Gasteiger partial charge is 0.489 e. The van der Waals surface area contributed by atoms with Gasteiger partial charge in [0.05, 0.1) is 13.0 Å². The van der Waals surface area contributed by atoms with Gasteiger partial charge in [-0.3, -0.25) is 4.79 Å². The van der Waals surface area contributed by atoms with Crippen LogP contribution in [0.3, 0.4) is 0 Å². The second kappa shape index (κ2) is 8.06. The number of hydrogen-bond acceptors (Lipinski definition) is 4. The maximum atomic E-state index is 12.0. The minimum absolute atomic E-state index is 0.279. The van der Waals surface area contributed by atoms with Gasteiger partial charge in [0, 0.05) is 5.75 Å². The highest BCUT2D eigenvalue weighted by molar-refractivity contribution is 7.80. The first-order valence-corrected chi connectivity index (χ1v) is 8.16. The number of thiol groups is 1. The second-order valence-electron chi connectivity index (χ2n) is 5.51. The Morgan fingerprint density at radius 1 is 1.17 bits per heavy atom. The lowest BCUT2D eigenvalue weighted by Crippen LogP contribution is -2.18. The third-order valence-corrected chi connectivity index (χ3v) is 4.19. The number of carbonyl (C=O) groups is 1. The lowest BCUT2D eigenvalue weighted by molar-refractivity contribution is -0.141. The first kappa shape index (κ1) is 17.4. The highest BCUT2D eigenvalue weighted by Crippen LogP contribution is 2.26. The van der Waals surface area contributed by atoms with Crippen LogP contribution in [0, 0.1) is 13.8 Å². The van der Waals surface area contributed by atoms with Crippen LogP contribution in [0.15, 0.2) is 42.5 Å². The van der Waals surface area contributed by atoms with Gasteiger partial charge in [0.2, 0.25) is 0 Å². The Morgan fingerprint density at radius 2 is 1.91 bits per heavy atom. The van der Waals surface area contributed by atoms with Crippen LogP contribution in [0.5, 0.6) is 5.75 Å². The van der Waals surface area contributed by atoms with Crippen molar-refractivity contribution in [2.24, 2.45) is 0 Å². The zero-order valence-electron chi connectivity index (χ0n) is 13.7. The first-order valence-electron chi connectivity index (χ1n) is 7.53. The lowest BCUT2D eigenvalue weighted by atomic mass is 9.96. The number of benzene rings is 2. The van der Waals surface area contributed by atoms with Gasteiger partial charge in [-0.1, -0.05) is 36.4 Å². The average Bonchev–Trinajstić information content (AvgIpc) is 2.57. The van der Waals surface area contributed by atoms with Crippen LogP contribution in [0.1, 0.15) is 28.2 Å². The minimum Gasteiger partial charge on any atom is -0.489 e. The Morgan fingerprint density at radius 3 is 2.61 bits per heavy atom. The van der Waals surface area contributed by atoms with Gasteiger partial charge in [-0.05, 0) is 42.2 Å². The fourth-order valence-corrected chi connectivity index (χ4v) is 2.81. The van der Waals surface area contributed by atoms with Crippen molar-refractivity contribution in [3.63, 3.8) is 0 Å². The van der Waals surface area contributed by atoms with E-state index in [1.807, 2.05) is 50.2 Å². The monoisotopic (exact) mass is 330 g/mol. The minimum atomic E-state index is -0.387. The molecule has 23 heavy (non-hydrogen) atoms. The van der Waals surface area contributed by atoms with Gasteiger partial charge >= 0.3 is 5.97 Å². The fraction of sp³-hybridized carbons (Fsp3) is 0.316. The van der Waals surface area contributed by atoms with E-state index in [9.17, 15) is 4.79 Å². The molecule has 0 N–H and O–H groups in total. The van der Waals surface area contributed by atoms with Crippen LogP contribution in [0.4, 0.5) is 0 Å². The van der Waals surface area contributed by atoms with Gasteiger partial charge in [0.25, 0.3) is 0 Å². The van der Waals surface area contributed by atoms with Crippen molar-refractivity contribution in [2.45, 2.75) is 26.4 Å². The molecule has 0 aliphatic carbocycles. The molecule has 0 aliphatic rings. The maximum absolute atomic E-state index is 12.0. The zero-order chi connectivity index (χ0) is 16.8. The summed E-state index contributed by atoms with van der Waals surface area (Å²) in [6, 6.07) is 13.9. The molecule has 4 heteroatoms. The molecule has 0 aliphatic heterocycles. The van der Waals surface area contributed by atoms with Gasteiger partial charge in [0.1, 0.15) is 12.4 Å². The third kappa shape index (κ3) is 4.29. The van der Waals surface area contributed by atoms with Crippen LogP contribution < -0.4 is 4.74 Å². The Kier molecular flexibility index (Phi) is 6.11. The van der Waals surface area contributed by atoms with Gasteiger partial charge in [0.15, 0.2) is 0 Å². The highest BCUT2D eigenvalue weighted by Gasteiger charge is 2.22. The molecule has 0 aromatic heterocycles. The van der Waals surface area contributed by atoms with Crippen LogP contribution in [-0.2, 0) is 16.1 Å². The molecule has 2 aromatic rings. The van der Waals surface area contributed by atoms with Crippen molar-refractivity contribution in [1.82, 2.24) is 0 Å². The molecule has 0 bridgehead atoms. The Bertz CT molecular complexity index is 682. The SMILES string of the molecule is COC(=O)C(CS)c1ccccc1COc1cc(C)ccc1C. The number of aryl methyl sites for hydroxylation is 2. The summed E-state index contributed by atoms with van der Waals surface area (Å²) in [4.78, 5) is 12.0. The Hall–Kier alpha value is -1.94. The van der Waals surface area contributed by atoms with Crippen molar-refractivity contribution >= 4 is 18.6 Å². The number of ether oxygens (including phenoxy) is 2. The summed E-state index contributed by atoms with van der Waals surface area (Å²) in [6.45, 7) is 4.46. The average molecular weight is 330 g/mol. The molecule has 1 unspecified atom stereocenters. The molecule has 0 fully saturated rings. The molecule has 3 nitrogen and oxygen atoms in total. The molecule has 2 aromatic carbocycles. The predicted octanol–water partition coefficient (Wildman–Crippen LogP) is 4.07. The number of methoxy groups -OCH3 is 1. The number of esters is 1. The van der Waals surface area contributed by atoms with Gasteiger partial charge < -0.3 is 9.47 Å². The van der Waals surface area contributed by atoms with E-state index in [4.69, 9.17) is 9.47 Å². The molecule has 0 heterocycles. The molecular formula is C19H22O3S. The summed E-state index contributed by atoms with van der Waals surface area (Å²) in [5.41, 5.74) is 4.12. The lowest BCUT2D eigenvalue weighted by Gasteiger charge is -2.17. The van der Waals surface area contributed by atoms with Crippen LogP contribution in [-0.4, -0.2) is 18.8 Å². The fourth-order valence-electron chi connectivity index (χ4n) is 2.47. The van der Waals surface area contributed by atoms with E-state index in [0.29, 0.717) is 12.4 Å². The van der Waals surface area contributed by atoms with Crippen molar-refractivity contribution < 1.29 is 14.3 Å². The number of carbonyl (C=O) groups excluding carboxylic acids is 1. The molecule has 0 spiro atoms. The Balaban J connectivity index is 2.23. The summed E-state index contributed by atoms with van der Waals surface area (Å²) in [5.74, 6) is 0.592. The standard InChI is InChI=1S/C19H22O3S/c1-13-8-9-14(2)18(10-13)22-11-15-6-4-5-7-16(15)17(12-23)19(20)21-3/h4-10,17,23H,11-12H2,1-3H3. The smallest absolute Gasteiger partial charge is 0.313 e. The molecule has 1 atom stereocenters. The van der Waals surface area contributed by atoms with Crippen molar-refractivity contribution in [1.29, 1.82) is 0 Å². The van der Waals surface area contributed by atoms with Gasteiger partial charge in [-0.15, -0.1) is 0 Å². The van der Waals surface area contributed by atoms with Gasteiger partial charge in [-0.2, -0.15) is 12.6 Å². The first-order chi connectivity index (χ1) is 11.1. The van der Waals surface area contributed by atoms with Crippen LogP contribution >= 0.6 is 12.6 Å². The molecule has 122 valence electrons. The molecule has 2 rings (SSSR count). The van der Waals surface area contributed by atoms with E-state index < -0.39 is 0 Å². The topological polar surface area (TPSA) is 35.5 Å². The third-order valence-electron chi connectivity index (χ3n) is 3.83. The molecule has 0 radical (unpaired) electrons. The summed E-state index contributed by atoms with van der Waals surface area (Å²) < 4.78 is 10.9. The van der Waals surface area contributed by atoms with E-state index in [1.165, 1.54) is 7.11 Å². The molecular weight excluding hydrogens is 308 g/mol. The molecule has 0 saturated heterocycles. The maximum Gasteiger partial charge on any atom is 0.313 e. The normalized spacial score (nSPS) is 11.8. The van der Waals surface area contributed by atoms with E-state index in [2.05, 4.69) is 18.7 Å². The summed E-state index contributed by atoms with van der Waals surface area (Å²) >= 11 is 4.29. The van der Waals surface area contributed by atoms with E-state index >= 15 is 0 Å². The summed E-state index contributed by atoms with van der Waals surface area (Å²) in [5, 5.41) is 0. The van der Waals surface area contributed by atoms with Crippen molar-refractivity contribution in [3.8, 4) is 5.75 Å². The number of rotatable bonds is 6. The van der Waals surface area contributed by atoms with Crippen molar-refractivity contribution in [2.75, 3.05) is 12.9 Å². The quantitative estimate of drug-likeness (QED) is 0.640. The van der Waals surface area contributed by atoms with E-state index in [-0.39, 0.29) is 11.9 Å². The Labute approximate surface area is 143 Å². The highest BCUT2D eigenvalue weighted by atomic mass is 32.1. The van der Waals surface area contributed by atoms with Crippen LogP contribution in [0.2, 0.25) is 0 Å². The molecule has 0 saturated carbocycles. The summed E-state index contributed by atoms with van der Waals surface area (Å²) in [7, 11) is 1.40. The second-order valence-corrected chi connectivity index (χ2v) is 5.88. The van der Waals surface area contributed by atoms with Crippen molar-refractivity contribution in [3.05, 3.63) is 64.7 Å². The van der Waals surface area contributed by atoms with Gasteiger partial charge in [-0.25, -0.2) is 0 Å². The molecule has 0 amide bonds. The van der Waals surface area contributed by atoms with E-state index in [0.717, 1.165) is 28.0 Å². The number of hydrogen-bond donors (Lipinski definition) is 1. The summed E-state index contributed by atoms with van der Waals surface area (Å²) in [6.07, 6.45) is 0. The van der Waals surface area contributed by atoms with Crippen LogP contribution in [0.25, 0.3) is 0 Å². The zero-order valence-corrected chi connectivity index (χ0v) is 14.6. The van der Waals surface area contributed by atoms with E-state index in [1.54, 1.807) is 0 Å².